The van der Waals surface area contributed by atoms with E-state index in [1.807, 2.05) is 17.0 Å². The van der Waals surface area contributed by atoms with Crippen LogP contribution < -0.4 is 10.6 Å². The van der Waals surface area contributed by atoms with Gasteiger partial charge in [0.2, 0.25) is 0 Å². The Hall–Kier alpha value is -2.53. The molecule has 142 valence electrons. The molecule has 3 amide bonds. The van der Waals surface area contributed by atoms with Gasteiger partial charge in [0.25, 0.3) is 5.91 Å². The van der Waals surface area contributed by atoms with Crippen LogP contribution in [0.2, 0.25) is 5.02 Å². The van der Waals surface area contributed by atoms with Gasteiger partial charge in [-0.05, 0) is 54.8 Å². The van der Waals surface area contributed by atoms with Gasteiger partial charge in [-0.2, -0.15) is 0 Å². The summed E-state index contributed by atoms with van der Waals surface area (Å²) < 4.78 is 0. The van der Waals surface area contributed by atoms with E-state index in [2.05, 4.69) is 10.6 Å². The lowest BCUT2D eigenvalue weighted by atomic mass is 10.1. The van der Waals surface area contributed by atoms with Gasteiger partial charge in [-0.15, -0.1) is 0 Å². The normalized spacial score (nSPS) is 14.3. The van der Waals surface area contributed by atoms with Crippen molar-refractivity contribution >= 4 is 29.2 Å². The summed E-state index contributed by atoms with van der Waals surface area (Å²) in [5, 5.41) is 6.24. The summed E-state index contributed by atoms with van der Waals surface area (Å²) >= 11 is 5.85. The Morgan fingerprint density at radius 3 is 2.15 bits per heavy atom. The van der Waals surface area contributed by atoms with Gasteiger partial charge in [0.15, 0.2) is 0 Å². The minimum absolute atomic E-state index is 0.0654. The predicted octanol–water partition coefficient (Wildman–Crippen LogP) is 4.68. The molecule has 0 atom stereocenters. The molecule has 0 aliphatic carbocycles. The summed E-state index contributed by atoms with van der Waals surface area (Å²) in [6.45, 7) is 2.06. The lowest BCUT2D eigenvalue weighted by molar-refractivity contribution is 0.0761. The van der Waals surface area contributed by atoms with Gasteiger partial charge < -0.3 is 15.5 Å². The Kier molecular flexibility index (Phi) is 6.71. The average Bonchev–Trinajstić information content (AvgIpc) is 2.97. The molecule has 1 fully saturated rings. The number of carbonyl (C=O) groups excluding carboxylic acids is 2. The first-order chi connectivity index (χ1) is 13.1. The highest BCUT2D eigenvalue weighted by molar-refractivity contribution is 6.30. The zero-order chi connectivity index (χ0) is 19.1. The fourth-order valence-electron chi connectivity index (χ4n) is 3.11. The van der Waals surface area contributed by atoms with Crippen LogP contribution in [0.25, 0.3) is 0 Å². The van der Waals surface area contributed by atoms with Gasteiger partial charge in [-0.3, -0.25) is 4.79 Å². The van der Waals surface area contributed by atoms with E-state index in [9.17, 15) is 9.59 Å². The van der Waals surface area contributed by atoms with Crippen molar-refractivity contribution in [1.29, 1.82) is 0 Å². The van der Waals surface area contributed by atoms with Gasteiger partial charge in [0.05, 0.1) is 0 Å². The molecule has 0 saturated carbocycles. The molecule has 2 aromatic rings. The molecule has 0 unspecified atom stereocenters. The first-order valence-corrected chi connectivity index (χ1v) is 9.68. The minimum Gasteiger partial charge on any atom is -0.339 e. The predicted molar refractivity (Wildman–Crippen MR) is 108 cm³/mol. The SMILES string of the molecule is O=C(NCc1ccc(Cl)cc1)Nc1ccc(C(=O)N2CCCCCC2)cc1. The number of hydrogen-bond donors (Lipinski definition) is 2. The smallest absolute Gasteiger partial charge is 0.319 e. The first kappa shape index (κ1) is 19.2. The molecule has 27 heavy (non-hydrogen) atoms. The van der Waals surface area contributed by atoms with Crippen molar-refractivity contribution in [1.82, 2.24) is 10.2 Å². The van der Waals surface area contributed by atoms with E-state index in [1.165, 1.54) is 12.8 Å². The topological polar surface area (TPSA) is 61.4 Å². The second kappa shape index (κ2) is 9.42. The molecule has 0 radical (unpaired) electrons. The van der Waals surface area contributed by atoms with Crippen molar-refractivity contribution in [2.75, 3.05) is 18.4 Å². The van der Waals surface area contributed by atoms with Crippen LogP contribution in [-0.2, 0) is 6.54 Å². The zero-order valence-corrected chi connectivity index (χ0v) is 16.0. The standard InChI is InChI=1S/C21H24ClN3O2/c22-18-9-5-16(6-10-18)15-23-21(27)24-19-11-7-17(8-12-19)20(26)25-13-3-1-2-4-14-25/h5-12H,1-4,13-15H2,(H2,23,24,27). The van der Waals surface area contributed by atoms with Gasteiger partial charge in [-0.25, -0.2) is 4.79 Å². The molecule has 2 N–H and O–H groups in total. The number of hydrogen-bond acceptors (Lipinski definition) is 2. The van der Waals surface area contributed by atoms with Crippen LogP contribution in [0.3, 0.4) is 0 Å². The Labute approximate surface area is 164 Å². The third-order valence-electron chi connectivity index (χ3n) is 4.65. The van der Waals surface area contributed by atoms with Crippen molar-refractivity contribution in [3.63, 3.8) is 0 Å². The van der Waals surface area contributed by atoms with E-state index in [0.717, 1.165) is 31.5 Å². The number of carbonyl (C=O) groups is 2. The molecule has 1 saturated heterocycles. The number of amides is 3. The summed E-state index contributed by atoms with van der Waals surface area (Å²) in [6, 6.07) is 14.1. The number of nitrogens with zero attached hydrogens (tertiary/aromatic N) is 1. The van der Waals surface area contributed by atoms with Crippen LogP contribution in [0.5, 0.6) is 0 Å². The molecule has 0 bridgehead atoms. The van der Waals surface area contributed by atoms with Gasteiger partial charge in [0, 0.05) is 35.9 Å². The highest BCUT2D eigenvalue weighted by Gasteiger charge is 2.17. The minimum atomic E-state index is -0.295. The lowest BCUT2D eigenvalue weighted by Crippen LogP contribution is -2.31. The molecule has 6 heteroatoms. The maximum absolute atomic E-state index is 12.6. The van der Waals surface area contributed by atoms with Gasteiger partial charge in [-0.1, -0.05) is 36.6 Å². The van der Waals surface area contributed by atoms with Crippen LogP contribution in [0.1, 0.15) is 41.6 Å². The summed E-state index contributed by atoms with van der Waals surface area (Å²) in [7, 11) is 0. The number of likely N-dealkylation sites (tertiary alicyclic amines) is 1. The van der Waals surface area contributed by atoms with Crippen LogP contribution in [0, 0.1) is 0 Å². The van der Waals surface area contributed by atoms with E-state index < -0.39 is 0 Å². The van der Waals surface area contributed by atoms with Crippen LogP contribution >= 0.6 is 11.6 Å². The fraction of sp³-hybridized carbons (Fsp3) is 0.333. The maximum Gasteiger partial charge on any atom is 0.319 e. The third-order valence-corrected chi connectivity index (χ3v) is 4.90. The van der Waals surface area contributed by atoms with E-state index in [4.69, 9.17) is 11.6 Å². The van der Waals surface area contributed by atoms with E-state index >= 15 is 0 Å². The van der Waals surface area contributed by atoms with Crippen LogP contribution in [0.15, 0.2) is 48.5 Å². The molecule has 5 nitrogen and oxygen atoms in total. The van der Waals surface area contributed by atoms with Crippen molar-refractivity contribution in [2.45, 2.75) is 32.2 Å². The van der Waals surface area contributed by atoms with Crippen molar-refractivity contribution in [3.8, 4) is 0 Å². The highest BCUT2D eigenvalue weighted by Crippen LogP contribution is 2.16. The monoisotopic (exact) mass is 385 g/mol. The quantitative estimate of drug-likeness (QED) is 0.802. The largest absolute Gasteiger partial charge is 0.339 e. The molecule has 0 aromatic heterocycles. The summed E-state index contributed by atoms with van der Waals surface area (Å²) in [5.41, 5.74) is 2.27. The third kappa shape index (κ3) is 5.73. The van der Waals surface area contributed by atoms with Crippen molar-refractivity contribution < 1.29 is 9.59 Å². The average molecular weight is 386 g/mol. The van der Waals surface area contributed by atoms with E-state index in [0.29, 0.717) is 22.8 Å². The number of halogens is 1. The zero-order valence-electron chi connectivity index (χ0n) is 15.2. The van der Waals surface area contributed by atoms with Gasteiger partial charge >= 0.3 is 6.03 Å². The Balaban J connectivity index is 1.51. The molecule has 3 rings (SSSR count). The number of nitrogens with one attached hydrogen (secondary N) is 2. The molecule has 1 heterocycles. The second-order valence-electron chi connectivity index (χ2n) is 6.72. The molecule has 2 aromatic carbocycles. The summed E-state index contributed by atoms with van der Waals surface area (Å²) in [6.07, 6.45) is 4.52. The molecule has 1 aliphatic heterocycles. The molecule has 1 aliphatic rings. The number of anilines is 1. The van der Waals surface area contributed by atoms with Crippen LogP contribution in [-0.4, -0.2) is 29.9 Å². The molecule has 0 spiro atoms. The van der Waals surface area contributed by atoms with Crippen molar-refractivity contribution in [2.24, 2.45) is 0 Å². The van der Waals surface area contributed by atoms with Crippen molar-refractivity contribution in [3.05, 3.63) is 64.7 Å². The Morgan fingerprint density at radius 1 is 0.889 bits per heavy atom. The molecular weight excluding hydrogens is 362 g/mol. The van der Waals surface area contributed by atoms with E-state index in [1.54, 1.807) is 36.4 Å². The Morgan fingerprint density at radius 2 is 1.52 bits per heavy atom. The highest BCUT2D eigenvalue weighted by atomic mass is 35.5. The number of urea groups is 1. The maximum atomic E-state index is 12.6. The number of benzene rings is 2. The second-order valence-corrected chi connectivity index (χ2v) is 7.15. The first-order valence-electron chi connectivity index (χ1n) is 9.30. The Bertz CT molecular complexity index is 767. The summed E-state index contributed by atoms with van der Waals surface area (Å²) in [5.74, 6) is 0.0654. The number of rotatable bonds is 4. The lowest BCUT2D eigenvalue weighted by Gasteiger charge is -2.20. The van der Waals surface area contributed by atoms with Gasteiger partial charge in [0.1, 0.15) is 0 Å². The van der Waals surface area contributed by atoms with E-state index in [-0.39, 0.29) is 11.9 Å². The summed E-state index contributed by atoms with van der Waals surface area (Å²) in [4.78, 5) is 26.5. The fourth-order valence-corrected chi connectivity index (χ4v) is 3.24. The van der Waals surface area contributed by atoms with Crippen LogP contribution in [0.4, 0.5) is 10.5 Å². The molecular formula is C21H24ClN3O2.